The highest BCUT2D eigenvalue weighted by atomic mass is 16.5. The number of carbonyl (C=O) groups is 2. The normalized spacial score (nSPS) is 10.2. The number of rotatable bonds is 10. The van der Waals surface area contributed by atoms with E-state index >= 15 is 0 Å². The Morgan fingerprint density at radius 3 is 2.48 bits per heavy atom. The predicted molar refractivity (Wildman–Crippen MR) is 120 cm³/mol. The number of aromatic nitrogens is 3. The number of hydrogen-bond acceptors (Lipinski definition) is 10. The molecule has 2 aromatic carbocycles. The number of hydrogen-bond donors (Lipinski definition) is 3. The van der Waals surface area contributed by atoms with E-state index in [9.17, 15) is 9.59 Å². The highest BCUT2D eigenvalue weighted by molar-refractivity contribution is 5.98. The number of amides is 1. The van der Waals surface area contributed by atoms with Crippen LogP contribution < -0.4 is 25.8 Å². The lowest BCUT2D eigenvalue weighted by Gasteiger charge is -2.11. The Hall–Kier alpha value is -4.41. The van der Waals surface area contributed by atoms with Crippen molar-refractivity contribution in [1.82, 2.24) is 20.3 Å². The minimum absolute atomic E-state index is 0.0470. The third-order valence-electron chi connectivity index (χ3n) is 4.24. The maximum atomic E-state index is 12.4. The van der Waals surface area contributed by atoms with Gasteiger partial charge in [-0.15, -0.1) is 0 Å². The summed E-state index contributed by atoms with van der Waals surface area (Å²) in [5.41, 5.74) is 6.70. The van der Waals surface area contributed by atoms with Gasteiger partial charge in [-0.2, -0.15) is 15.0 Å². The van der Waals surface area contributed by atoms with E-state index in [0.717, 1.165) is 0 Å². The van der Waals surface area contributed by atoms with Crippen molar-refractivity contribution in [3.05, 3.63) is 59.9 Å². The monoisotopic (exact) mass is 452 g/mol. The zero-order valence-electron chi connectivity index (χ0n) is 18.2. The van der Waals surface area contributed by atoms with E-state index in [1.165, 1.54) is 0 Å². The molecule has 1 heterocycles. The zero-order valence-corrected chi connectivity index (χ0v) is 18.2. The summed E-state index contributed by atoms with van der Waals surface area (Å²) in [6.07, 6.45) is 0. The number of methoxy groups -OCH3 is 1. The number of esters is 1. The average Bonchev–Trinajstić information content (AvgIpc) is 2.82. The van der Waals surface area contributed by atoms with Crippen LogP contribution in [0.5, 0.6) is 11.5 Å². The quantitative estimate of drug-likeness (QED) is 0.390. The van der Waals surface area contributed by atoms with E-state index in [1.807, 2.05) is 19.1 Å². The molecule has 0 aliphatic carbocycles. The number of benzene rings is 2. The summed E-state index contributed by atoms with van der Waals surface area (Å²) in [5.74, 6) is 0.154. The number of nitrogens with zero attached hydrogens (tertiary/aromatic N) is 3. The summed E-state index contributed by atoms with van der Waals surface area (Å²) in [5, 5.41) is 5.49. The summed E-state index contributed by atoms with van der Waals surface area (Å²) in [6, 6.07) is 13.9. The average molecular weight is 452 g/mol. The molecule has 1 amide bonds. The van der Waals surface area contributed by atoms with Crippen molar-refractivity contribution in [3.8, 4) is 11.5 Å². The molecule has 0 fully saturated rings. The molecule has 4 N–H and O–H groups in total. The second-order valence-electron chi connectivity index (χ2n) is 6.53. The van der Waals surface area contributed by atoms with Crippen LogP contribution >= 0.6 is 0 Å². The first-order valence-corrected chi connectivity index (χ1v) is 10.1. The molecule has 11 heteroatoms. The fourth-order valence-electron chi connectivity index (χ4n) is 2.81. The summed E-state index contributed by atoms with van der Waals surface area (Å²) < 4.78 is 15.9. The molecule has 172 valence electrons. The van der Waals surface area contributed by atoms with Gasteiger partial charge in [0.2, 0.25) is 11.9 Å². The molecule has 3 aromatic rings. The van der Waals surface area contributed by atoms with Gasteiger partial charge >= 0.3 is 5.97 Å². The maximum Gasteiger partial charge on any atom is 0.325 e. The second kappa shape index (κ2) is 11.3. The smallest absolute Gasteiger partial charge is 0.325 e. The van der Waals surface area contributed by atoms with E-state index in [4.69, 9.17) is 19.9 Å². The molecule has 0 radical (unpaired) electrons. The third kappa shape index (κ3) is 6.53. The molecule has 33 heavy (non-hydrogen) atoms. The summed E-state index contributed by atoms with van der Waals surface area (Å²) in [4.78, 5) is 36.7. The molecule has 0 saturated carbocycles. The predicted octanol–water partition coefficient (Wildman–Crippen LogP) is 2.08. The Kier molecular flexibility index (Phi) is 7.95. The van der Waals surface area contributed by atoms with E-state index in [2.05, 4.69) is 25.6 Å². The zero-order chi connectivity index (χ0) is 23.6. The van der Waals surface area contributed by atoms with Crippen LogP contribution in [-0.4, -0.2) is 47.1 Å². The fraction of sp³-hybridized carbons (Fsp3) is 0.227. The van der Waals surface area contributed by atoms with Gasteiger partial charge in [0.1, 0.15) is 18.0 Å². The van der Waals surface area contributed by atoms with E-state index in [1.54, 1.807) is 43.5 Å². The van der Waals surface area contributed by atoms with Gasteiger partial charge in [-0.3, -0.25) is 9.59 Å². The molecular weight excluding hydrogens is 428 g/mol. The van der Waals surface area contributed by atoms with Crippen LogP contribution in [0, 0.1) is 0 Å². The van der Waals surface area contributed by atoms with Crippen LogP contribution in [0.2, 0.25) is 0 Å². The Labute approximate surface area is 190 Å². The number of nitrogens with two attached hydrogens (primary N) is 1. The molecule has 0 saturated heterocycles. The van der Waals surface area contributed by atoms with Crippen molar-refractivity contribution in [1.29, 1.82) is 0 Å². The summed E-state index contributed by atoms with van der Waals surface area (Å²) >= 11 is 0. The number of nitrogens with one attached hydrogen (secondary N) is 2. The first kappa shape index (κ1) is 23.3. The molecular formula is C22H24N6O5. The van der Waals surface area contributed by atoms with Gasteiger partial charge < -0.3 is 30.6 Å². The van der Waals surface area contributed by atoms with Crippen LogP contribution in [0.15, 0.2) is 48.5 Å². The molecule has 11 nitrogen and oxygen atoms in total. The van der Waals surface area contributed by atoms with Gasteiger partial charge in [0.05, 0.1) is 25.0 Å². The largest absolute Gasteiger partial charge is 0.495 e. The van der Waals surface area contributed by atoms with Crippen molar-refractivity contribution in [2.45, 2.75) is 13.5 Å². The van der Waals surface area contributed by atoms with Gasteiger partial charge in [-0.1, -0.05) is 24.3 Å². The van der Waals surface area contributed by atoms with Gasteiger partial charge in [-0.25, -0.2) is 0 Å². The molecule has 1 aromatic heterocycles. The van der Waals surface area contributed by atoms with Gasteiger partial charge in [0, 0.05) is 0 Å². The third-order valence-corrected chi connectivity index (χ3v) is 4.24. The molecule has 3 rings (SSSR count). The van der Waals surface area contributed by atoms with Crippen LogP contribution in [0.25, 0.3) is 0 Å². The van der Waals surface area contributed by atoms with Crippen molar-refractivity contribution in [2.75, 3.05) is 31.3 Å². The fourth-order valence-corrected chi connectivity index (χ4v) is 2.81. The van der Waals surface area contributed by atoms with Gasteiger partial charge in [-0.05, 0) is 31.2 Å². The number of ether oxygens (including phenoxy) is 3. The Morgan fingerprint density at radius 1 is 1.00 bits per heavy atom. The van der Waals surface area contributed by atoms with Crippen LogP contribution in [0.3, 0.4) is 0 Å². The first-order valence-electron chi connectivity index (χ1n) is 10.1. The Bertz CT molecular complexity index is 1120. The highest BCUT2D eigenvalue weighted by Gasteiger charge is 2.14. The van der Waals surface area contributed by atoms with Crippen molar-refractivity contribution >= 4 is 29.5 Å². The number of para-hydroxylation sites is 3. The lowest BCUT2D eigenvalue weighted by Crippen LogP contribution is -2.31. The molecule has 0 unspecified atom stereocenters. The second-order valence-corrected chi connectivity index (χ2v) is 6.53. The van der Waals surface area contributed by atoms with Crippen molar-refractivity contribution in [3.63, 3.8) is 0 Å². The Morgan fingerprint density at radius 2 is 1.73 bits per heavy atom. The molecule has 0 spiro atoms. The first-order chi connectivity index (χ1) is 16.0. The SMILES string of the molecule is CCOc1ccccc1C(=O)NCC(=O)OCc1nc(N)nc(Nc2ccccc2OC)n1. The summed E-state index contributed by atoms with van der Waals surface area (Å²) in [6.45, 7) is 1.64. The van der Waals surface area contributed by atoms with Crippen molar-refractivity contribution in [2.24, 2.45) is 0 Å². The molecule has 0 bridgehead atoms. The van der Waals surface area contributed by atoms with E-state index < -0.39 is 11.9 Å². The van der Waals surface area contributed by atoms with Gasteiger partial charge in [0.15, 0.2) is 12.4 Å². The number of carbonyl (C=O) groups excluding carboxylic acids is 2. The lowest BCUT2D eigenvalue weighted by atomic mass is 10.2. The van der Waals surface area contributed by atoms with E-state index in [-0.39, 0.29) is 30.9 Å². The summed E-state index contributed by atoms with van der Waals surface area (Å²) in [7, 11) is 1.54. The van der Waals surface area contributed by atoms with E-state index in [0.29, 0.717) is 29.4 Å². The van der Waals surface area contributed by atoms with Crippen LogP contribution in [0.4, 0.5) is 17.6 Å². The Balaban J connectivity index is 1.56. The van der Waals surface area contributed by atoms with Crippen molar-refractivity contribution < 1.29 is 23.8 Å². The minimum atomic E-state index is -0.671. The maximum absolute atomic E-state index is 12.4. The van der Waals surface area contributed by atoms with Gasteiger partial charge in [0.25, 0.3) is 5.91 Å². The van der Waals surface area contributed by atoms with Crippen LogP contribution in [-0.2, 0) is 16.1 Å². The standard InChI is InChI=1S/C22H24N6O5/c1-3-32-16-10-6-4-8-14(16)20(30)24-12-19(29)33-13-18-26-21(23)28-22(27-18)25-15-9-5-7-11-17(15)31-2/h4-11H,3,12-13H2,1-2H3,(H,24,30)(H3,23,25,26,27,28). The number of anilines is 3. The molecule has 0 aliphatic heterocycles. The molecule has 0 aliphatic rings. The minimum Gasteiger partial charge on any atom is -0.495 e. The lowest BCUT2D eigenvalue weighted by molar-refractivity contribution is -0.143. The topological polar surface area (TPSA) is 151 Å². The number of nitrogen functional groups attached to an aromatic ring is 1. The van der Waals surface area contributed by atoms with Crippen LogP contribution in [0.1, 0.15) is 23.1 Å². The molecule has 0 atom stereocenters. The highest BCUT2D eigenvalue weighted by Crippen LogP contribution is 2.25.